The molecule has 6 rings (SSSR count). The predicted octanol–water partition coefficient (Wildman–Crippen LogP) is 8.10. The maximum absolute atomic E-state index is 13.3. The molecule has 2 saturated heterocycles. The van der Waals surface area contributed by atoms with Gasteiger partial charge in [0, 0.05) is 46.2 Å². The van der Waals surface area contributed by atoms with Crippen molar-refractivity contribution >= 4 is 50.2 Å². The number of nitrogens with zero attached hydrogens (tertiary/aromatic N) is 4. The number of aromatic nitrogens is 2. The third-order valence-electron chi connectivity index (χ3n) is 7.52. The minimum Gasteiger partial charge on any atom is -0.456 e. The second-order valence-electron chi connectivity index (χ2n) is 13.4. The number of fused-ring (bicyclic) bond motifs is 3. The number of likely N-dealkylation sites (tertiary alicyclic amines) is 1. The van der Waals surface area contributed by atoms with Gasteiger partial charge in [0.2, 0.25) is 0 Å². The first kappa shape index (κ1) is 30.2. The summed E-state index contributed by atoms with van der Waals surface area (Å²) in [6.07, 6.45) is 4.25. The van der Waals surface area contributed by atoms with Crippen LogP contribution in [0.25, 0.3) is 21.0 Å². The van der Waals surface area contributed by atoms with E-state index in [9.17, 15) is 9.59 Å². The lowest BCUT2D eigenvalue weighted by Gasteiger charge is -2.45. The van der Waals surface area contributed by atoms with Gasteiger partial charge in [-0.25, -0.2) is 14.3 Å². The number of carbonyl (C=O) groups excluding carboxylic acids is 2. The third kappa shape index (κ3) is 6.34. The van der Waals surface area contributed by atoms with Crippen molar-refractivity contribution in [2.24, 2.45) is 0 Å². The molecule has 2 aromatic heterocycles. The summed E-state index contributed by atoms with van der Waals surface area (Å²) in [7, 11) is 0. The first-order valence-corrected chi connectivity index (χ1v) is 16.0. The van der Waals surface area contributed by atoms with Gasteiger partial charge < -0.3 is 23.8 Å². The highest BCUT2D eigenvalue weighted by molar-refractivity contribution is 7.18. The minimum atomic E-state index is -0.668. The van der Waals surface area contributed by atoms with Gasteiger partial charge in [-0.15, -0.1) is 11.3 Å². The summed E-state index contributed by atoms with van der Waals surface area (Å²) in [6, 6.07) is 11.3. The molecule has 234 valence electrons. The fourth-order valence-corrected chi connectivity index (χ4v) is 6.47. The standard InChI is InChI=1S/C33H40N4O6S/c1-32(2,3)42-30(38)35-18-22(19-35)36(31(39)43-33(4,5)6)21-10-12-23(13-11-21)41-27-20-44-29-24(27)14-15-26-25(29)17-34-37(26)28-9-7-8-16-40-28/h10-15,17,20,22,28H,7-9,16,18-19H2,1-6H3. The Morgan fingerprint density at radius 1 is 0.955 bits per heavy atom. The second kappa shape index (κ2) is 11.6. The average molecular weight is 621 g/mol. The highest BCUT2D eigenvalue weighted by atomic mass is 32.1. The molecule has 0 N–H and O–H groups in total. The highest BCUT2D eigenvalue weighted by Gasteiger charge is 2.41. The fourth-order valence-electron chi connectivity index (χ4n) is 5.49. The van der Waals surface area contributed by atoms with Crippen molar-refractivity contribution in [1.82, 2.24) is 14.7 Å². The van der Waals surface area contributed by atoms with E-state index >= 15 is 0 Å². The average Bonchev–Trinajstić information content (AvgIpc) is 3.53. The summed E-state index contributed by atoms with van der Waals surface area (Å²) in [5, 5.41) is 8.78. The molecule has 4 aromatic rings. The largest absolute Gasteiger partial charge is 0.456 e. The molecule has 2 aliphatic rings. The smallest absolute Gasteiger partial charge is 0.415 e. The van der Waals surface area contributed by atoms with Crippen molar-refractivity contribution < 1.29 is 28.5 Å². The van der Waals surface area contributed by atoms with Gasteiger partial charge in [0.1, 0.15) is 22.7 Å². The Kier molecular flexibility index (Phi) is 7.96. The Bertz CT molecular complexity index is 1650. The number of hydrogen-bond donors (Lipinski definition) is 0. The maximum Gasteiger partial charge on any atom is 0.415 e. The molecule has 0 saturated carbocycles. The monoisotopic (exact) mass is 620 g/mol. The number of thiophene rings is 1. The van der Waals surface area contributed by atoms with Gasteiger partial charge in [0.25, 0.3) is 0 Å². The molecular formula is C33H40N4O6S. The van der Waals surface area contributed by atoms with Crippen LogP contribution in [-0.2, 0) is 14.2 Å². The fraction of sp³-hybridized carbons (Fsp3) is 0.485. The summed E-state index contributed by atoms with van der Waals surface area (Å²) in [6.45, 7) is 12.5. The lowest BCUT2D eigenvalue weighted by atomic mass is 10.1. The van der Waals surface area contributed by atoms with E-state index in [-0.39, 0.29) is 12.3 Å². The van der Waals surface area contributed by atoms with Crippen LogP contribution in [0.2, 0.25) is 0 Å². The van der Waals surface area contributed by atoms with E-state index < -0.39 is 23.4 Å². The molecule has 44 heavy (non-hydrogen) atoms. The Morgan fingerprint density at radius 3 is 2.34 bits per heavy atom. The topological polar surface area (TPSA) is 95.4 Å². The maximum atomic E-state index is 13.3. The zero-order chi connectivity index (χ0) is 31.2. The Morgan fingerprint density at radius 2 is 1.68 bits per heavy atom. The van der Waals surface area contributed by atoms with Crippen LogP contribution in [0.1, 0.15) is 67.0 Å². The van der Waals surface area contributed by atoms with E-state index in [1.165, 1.54) is 0 Å². The molecule has 10 nitrogen and oxygen atoms in total. The third-order valence-corrected chi connectivity index (χ3v) is 8.53. The summed E-state index contributed by atoms with van der Waals surface area (Å²) >= 11 is 1.63. The van der Waals surface area contributed by atoms with Crippen LogP contribution in [0.3, 0.4) is 0 Å². The van der Waals surface area contributed by atoms with Gasteiger partial charge in [-0.1, -0.05) is 0 Å². The van der Waals surface area contributed by atoms with Crippen molar-refractivity contribution in [3.63, 3.8) is 0 Å². The molecule has 2 aliphatic heterocycles. The molecule has 2 amide bonds. The van der Waals surface area contributed by atoms with E-state index in [2.05, 4.69) is 17.2 Å². The molecule has 2 fully saturated rings. The van der Waals surface area contributed by atoms with Crippen molar-refractivity contribution in [3.8, 4) is 11.5 Å². The van der Waals surface area contributed by atoms with Crippen molar-refractivity contribution in [2.45, 2.75) is 84.3 Å². The van der Waals surface area contributed by atoms with E-state index in [1.807, 2.05) is 82.1 Å². The van der Waals surface area contributed by atoms with Crippen molar-refractivity contribution in [1.29, 1.82) is 0 Å². The van der Waals surface area contributed by atoms with Crippen LogP contribution in [0.5, 0.6) is 11.5 Å². The Labute approximate surface area is 261 Å². The van der Waals surface area contributed by atoms with Gasteiger partial charge in [0.05, 0.1) is 17.8 Å². The summed E-state index contributed by atoms with van der Waals surface area (Å²) in [5.74, 6) is 1.41. The molecule has 0 radical (unpaired) electrons. The first-order valence-electron chi connectivity index (χ1n) is 15.1. The zero-order valence-corrected chi connectivity index (χ0v) is 27.0. The number of carbonyl (C=O) groups is 2. The molecule has 4 heterocycles. The van der Waals surface area contributed by atoms with E-state index in [4.69, 9.17) is 18.9 Å². The van der Waals surface area contributed by atoms with Crippen molar-refractivity contribution in [3.05, 3.63) is 48.0 Å². The number of rotatable bonds is 5. The second-order valence-corrected chi connectivity index (χ2v) is 14.3. The van der Waals surface area contributed by atoms with Crippen LogP contribution in [0.4, 0.5) is 15.3 Å². The summed E-state index contributed by atoms with van der Waals surface area (Å²) in [4.78, 5) is 29.0. The summed E-state index contributed by atoms with van der Waals surface area (Å²) < 4.78 is 26.6. The molecule has 2 aromatic carbocycles. The van der Waals surface area contributed by atoms with Gasteiger partial charge in [-0.05, 0) is 97.2 Å². The lowest BCUT2D eigenvalue weighted by Crippen LogP contribution is -2.63. The quantitative estimate of drug-likeness (QED) is 0.222. The molecule has 11 heteroatoms. The van der Waals surface area contributed by atoms with Gasteiger partial charge in [-0.3, -0.25) is 4.90 Å². The van der Waals surface area contributed by atoms with E-state index in [0.29, 0.717) is 24.5 Å². The normalized spacial score (nSPS) is 17.9. The summed E-state index contributed by atoms with van der Waals surface area (Å²) in [5.41, 5.74) is 0.465. The number of ether oxygens (including phenoxy) is 4. The van der Waals surface area contributed by atoms with Crippen LogP contribution >= 0.6 is 11.3 Å². The van der Waals surface area contributed by atoms with Gasteiger partial charge in [0.15, 0.2) is 6.23 Å². The van der Waals surface area contributed by atoms with Crippen LogP contribution in [-0.4, -0.2) is 63.8 Å². The first-order chi connectivity index (χ1) is 20.9. The Hall–Kier alpha value is -3.83. The molecular weight excluding hydrogens is 580 g/mol. The zero-order valence-electron chi connectivity index (χ0n) is 26.2. The number of hydrogen-bond acceptors (Lipinski definition) is 8. The number of amides is 2. The molecule has 0 bridgehead atoms. The van der Waals surface area contributed by atoms with Gasteiger partial charge in [-0.2, -0.15) is 5.10 Å². The van der Waals surface area contributed by atoms with Crippen molar-refractivity contribution in [2.75, 3.05) is 24.6 Å². The minimum absolute atomic E-state index is 0.0199. The lowest BCUT2D eigenvalue weighted by molar-refractivity contribution is -0.0366. The number of anilines is 1. The van der Waals surface area contributed by atoms with Gasteiger partial charge >= 0.3 is 12.2 Å². The molecule has 0 spiro atoms. The van der Waals surface area contributed by atoms with E-state index in [1.54, 1.807) is 21.1 Å². The highest BCUT2D eigenvalue weighted by Crippen LogP contribution is 2.40. The van der Waals surface area contributed by atoms with Crippen LogP contribution < -0.4 is 9.64 Å². The SMILES string of the molecule is CC(C)(C)OC(=O)N1CC(N(C(=O)OC(C)(C)C)c2ccc(Oc3csc4c3ccc3c4cnn3C3CCCCO3)cc2)C1. The predicted molar refractivity (Wildman–Crippen MR) is 171 cm³/mol. The van der Waals surface area contributed by atoms with Crippen LogP contribution in [0.15, 0.2) is 48.0 Å². The molecule has 0 aliphatic carbocycles. The van der Waals surface area contributed by atoms with E-state index in [0.717, 1.165) is 52.6 Å². The van der Waals surface area contributed by atoms with Crippen LogP contribution in [0, 0.1) is 0 Å². The molecule has 1 atom stereocenters. The molecule has 1 unspecified atom stereocenters. The number of benzene rings is 2. The Balaban J connectivity index is 1.19.